The van der Waals surface area contributed by atoms with Gasteiger partial charge in [-0.15, -0.1) is 0 Å². The van der Waals surface area contributed by atoms with Crippen LogP contribution in [0, 0.1) is 16.7 Å². The first-order chi connectivity index (χ1) is 21.7. The molecule has 1 fully saturated rings. The molecule has 4 aromatic rings. The molecule has 3 atom stereocenters. The summed E-state index contributed by atoms with van der Waals surface area (Å²) in [5, 5.41) is 4.79. The van der Waals surface area contributed by atoms with Crippen LogP contribution in [0.5, 0.6) is 5.75 Å². The summed E-state index contributed by atoms with van der Waals surface area (Å²) >= 11 is 0. The van der Waals surface area contributed by atoms with Gasteiger partial charge in [0.1, 0.15) is 11.4 Å². The van der Waals surface area contributed by atoms with Gasteiger partial charge in [-0.05, 0) is 112 Å². The molecule has 0 unspecified atom stereocenters. The lowest BCUT2D eigenvalue weighted by molar-refractivity contribution is -0.163. The molecule has 0 saturated heterocycles. The number of aromatic nitrogens is 2. The van der Waals surface area contributed by atoms with E-state index in [1.165, 1.54) is 18.3 Å². The molecule has 0 N–H and O–H groups in total. The average Bonchev–Trinajstić information content (AvgIpc) is 3.72. The fourth-order valence-electron chi connectivity index (χ4n) is 8.18. The van der Waals surface area contributed by atoms with E-state index in [1.54, 1.807) is 18.1 Å². The number of carbonyl (C=O) groups is 2. The highest BCUT2D eigenvalue weighted by Gasteiger charge is 2.55. The first-order valence-corrected chi connectivity index (χ1v) is 15.9. The maximum atomic E-state index is 14.0. The van der Waals surface area contributed by atoms with Gasteiger partial charge in [0.25, 0.3) is 0 Å². The van der Waals surface area contributed by atoms with Gasteiger partial charge in [-0.2, -0.15) is 5.10 Å². The number of furan rings is 1. The Kier molecular flexibility index (Phi) is 8.29. The number of methoxy groups -OCH3 is 2. The van der Waals surface area contributed by atoms with Crippen LogP contribution in [0.25, 0.3) is 16.9 Å². The minimum atomic E-state index is -0.483. The van der Waals surface area contributed by atoms with Gasteiger partial charge >= 0.3 is 5.97 Å². The van der Waals surface area contributed by atoms with E-state index in [9.17, 15) is 9.59 Å². The Labute approximate surface area is 265 Å². The highest BCUT2D eigenvalue weighted by Crippen LogP contribution is 2.60. The van der Waals surface area contributed by atoms with Crippen molar-refractivity contribution in [3.8, 4) is 22.7 Å². The zero-order chi connectivity index (χ0) is 31.8. The second-order valence-electron chi connectivity index (χ2n) is 13.0. The number of aryl methyl sites for hydroxylation is 1. The van der Waals surface area contributed by atoms with Crippen molar-refractivity contribution in [3.63, 3.8) is 0 Å². The first kappa shape index (κ1) is 30.6. The van der Waals surface area contributed by atoms with Crippen molar-refractivity contribution in [1.29, 1.82) is 0 Å². The fourth-order valence-corrected chi connectivity index (χ4v) is 8.18. The smallest absolute Gasteiger partial charge is 0.311 e. The van der Waals surface area contributed by atoms with Gasteiger partial charge < -0.3 is 13.9 Å². The standard InChI is InChI=1S/C38H42N2O5/c1-25-12-19-33-37(2,21-9-22-38(33,3)36(42)44-5)30(25)18-15-27-20-23-45-35(27)34(41)31-24-32(26-13-16-29(43-4)17-14-26)40(39-31)28-10-7-6-8-11-28/h6-8,10-11,13-14,16-17,20,23-24,33H,9,12,15,18-19,21-22H2,1-5H3/t33-,37-,38+/m1/s1. The third-order valence-corrected chi connectivity index (χ3v) is 10.5. The summed E-state index contributed by atoms with van der Waals surface area (Å²) < 4.78 is 18.3. The van der Waals surface area contributed by atoms with Crippen LogP contribution in [0.15, 0.2) is 88.6 Å². The van der Waals surface area contributed by atoms with Crippen molar-refractivity contribution >= 4 is 11.8 Å². The number of hydrogen-bond donors (Lipinski definition) is 0. The summed E-state index contributed by atoms with van der Waals surface area (Å²) in [4.78, 5) is 27.0. The van der Waals surface area contributed by atoms with Gasteiger partial charge in [0.15, 0.2) is 5.76 Å². The number of benzene rings is 2. The van der Waals surface area contributed by atoms with Crippen molar-refractivity contribution in [3.05, 3.63) is 101 Å². The molecular weight excluding hydrogens is 564 g/mol. The van der Waals surface area contributed by atoms with Crippen molar-refractivity contribution in [2.45, 2.75) is 65.7 Å². The number of nitrogens with zero attached hydrogens (tertiary/aromatic N) is 2. The Morgan fingerprint density at radius 1 is 1.00 bits per heavy atom. The van der Waals surface area contributed by atoms with Crippen molar-refractivity contribution < 1.29 is 23.5 Å². The van der Waals surface area contributed by atoms with Crippen LogP contribution in [0.1, 0.15) is 81.1 Å². The predicted molar refractivity (Wildman–Crippen MR) is 174 cm³/mol. The quantitative estimate of drug-likeness (QED) is 0.108. The molecule has 1 saturated carbocycles. The molecule has 45 heavy (non-hydrogen) atoms. The first-order valence-electron chi connectivity index (χ1n) is 15.9. The molecule has 0 aliphatic heterocycles. The average molecular weight is 607 g/mol. The van der Waals surface area contributed by atoms with Gasteiger partial charge in [-0.3, -0.25) is 9.59 Å². The third kappa shape index (κ3) is 5.43. The number of carbonyl (C=O) groups excluding carboxylic acids is 2. The van der Waals surface area contributed by atoms with Crippen LogP contribution in [0.4, 0.5) is 0 Å². The molecule has 0 spiro atoms. The summed E-state index contributed by atoms with van der Waals surface area (Å²) in [6.07, 6.45) is 7.96. The number of rotatable bonds is 9. The van der Waals surface area contributed by atoms with Gasteiger partial charge in [0.05, 0.1) is 37.3 Å². The molecule has 7 heteroatoms. The molecule has 0 bridgehead atoms. The molecule has 2 heterocycles. The maximum Gasteiger partial charge on any atom is 0.311 e. The maximum absolute atomic E-state index is 14.0. The van der Waals surface area contributed by atoms with E-state index in [2.05, 4.69) is 20.8 Å². The van der Waals surface area contributed by atoms with Crippen LogP contribution in [-0.2, 0) is 16.0 Å². The minimum absolute atomic E-state index is 0.0842. The van der Waals surface area contributed by atoms with E-state index in [0.29, 0.717) is 17.9 Å². The van der Waals surface area contributed by atoms with E-state index in [0.717, 1.165) is 66.8 Å². The summed E-state index contributed by atoms with van der Waals surface area (Å²) in [6, 6.07) is 21.3. The molecule has 2 aliphatic carbocycles. The second kappa shape index (κ2) is 12.2. The molecular formula is C38H42N2O5. The van der Waals surface area contributed by atoms with Crippen LogP contribution < -0.4 is 4.74 Å². The van der Waals surface area contributed by atoms with E-state index in [4.69, 9.17) is 19.0 Å². The van der Waals surface area contributed by atoms with E-state index < -0.39 is 5.41 Å². The van der Waals surface area contributed by atoms with Crippen LogP contribution in [0.3, 0.4) is 0 Å². The number of fused-ring (bicyclic) bond motifs is 1. The van der Waals surface area contributed by atoms with E-state index in [1.807, 2.05) is 66.7 Å². The normalized spacial score (nSPS) is 23.0. The zero-order valence-electron chi connectivity index (χ0n) is 26.9. The van der Waals surface area contributed by atoms with Crippen molar-refractivity contribution in [1.82, 2.24) is 9.78 Å². The van der Waals surface area contributed by atoms with Crippen molar-refractivity contribution in [2.75, 3.05) is 14.2 Å². The monoisotopic (exact) mass is 606 g/mol. The number of allylic oxidation sites excluding steroid dienone is 2. The third-order valence-electron chi connectivity index (χ3n) is 10.5. The zero-order valence-corrected chi connectivity index (χ0v) is 26.9. The van der Waals surface area contributed by atoms with Gasteiger partial charge in [-0.25, -0.2) is 4.68 Å². The molecule has 2 aliphatic rings. The fraction of sp³-hybridized carbons (Fsp3) is 0.395. The summed E-state index contributed by atoms with van der Waals surface area (Å²) in [6.45, 7) is 6.68. The SMILES string of the molecule is COC(=O)[C@@]1(C)CCC[C@]2(C)C(CCc3ccoc3C(=O)c3cc(-c4ccc(OC)cc4)n(-c4ccccc4)n3)=C(C)CC[C@@H]12. The molecule has 2 aromatic carbocycles. The minimum Gasteiger partial charge on any atom is -0.497 e. The van der Waals surface area contributed by atoms with Gasteiger partial charge in [0, 0.05) is 11.1 Å². The van der Waals surface area contributed by atoms with Gasteiger partial charge in [-0.1, -0.05) is 42.7 Å². The number of esters is 1. The Hall–Kier alpha value is -4.39. The molecule has 234 valence electrons. The summed E-state index contributed by atoms with van der Waals surface area (Å²) in [5.41, 5.74) is 6.03. The predicted octanol–water partition coefficient (Wildman–Crippen LogP) is 8.40. The number of ether oxygens (including phenoxy) is 2. The Morgan fingerprint density at radius 2 is 1.76 bits per heavy atom. The summed E-state index contributed by atoms with van der Waals surface area (Å²) in [5.74, 6) is 0.979. The lowest BCUT2D eigenvalue weighted by Crippen LogP contribution is -2.50. The highest BCUT2D eigenvalue weighted by molar-refractivity contribution is 6.07. The largest absolute Gasteiger partial charge is 0.497 e. The molecule has 0 radical (unpaired) electrons. The molecule has 6 rings (SSSR count). The molecule has 7 nitrogen and oxygen atoms in total. The van der Waals surface area contributed by atoms with Crippen LogP contribution >= 0.6 is 0 Å². The van der Waals surface area contributed by atoms with E-state index in [-0.39, 0.29) is 23.1 Å². The number of hydrogen-bond acceptors (Lipinski definition) is 6. The van der Waals surface area contributed by atoms with Crippen LogP contribution in [0.2, 0.25) is 0 Å². The highest BCUT2D eigenvalue weighted by atomic mass is 16.5. The number of para-hydroxylation sites is 1. The van der Waals surface area contributed by atoms with Gasteiger partial charge in [0.2, 0.25) is 5.78 Å². The lowest BCUT2D eigenvalue weighted by Gasteiger charge is -2.54. The Bertz CT molecular complexity index is 1730. The number of ketones is 1. The summed E-state index contributed by atoms with van der Waals surface area (Å²) in [7, 11) is 3.14. The Balaban J connectivity index is 1.29. The van der Waals surface area contributed by atoms with Crippen LogP contribution in [-0.4, -0.2) is 35.8 Å². The molecule has 2 aromatic heterocycles. The Morgan fingerprint density at radius 3 is 2.47 bits per heavy atom. The van der Waals surface area contributed by atoms with Crippen molar-refractivity contribution in [2.24, 2.45) is 16.7 Å². The van der Waals surface area contributed by atoms with E-state index >= 15 is 0 Å². The lowest BCUT2D eigenvalue weighted by atomic mass is 9.49. The topological polar surface area (TPSA) is 83.6 Å². The second-order valence-corrected chi connectivity index (χ2v) is 13.0. The molecule has 0 amide bonds.